The highest BCUT2D eigenvalue weighted by Gasteiger charge is 2.47. The Hall–Kier alpha value is -6.66. The average Bonchev–Trinajstić information content (AvgIpc) is 0.993. The number of likely N-dealkylation sites (N-methyl/N-ethyl adjacent to an activating group) is 2. The van der Waals surface area contributed by atoms with E-state index in [-0.39, 0.29) is 149 Å². The number of carbonyl (C=O) groups excluding carboxylic acids is 10. The molecule has 3 heterocycles. The quantitative estimate of drug-likeness (QED) is 0.0426. The molecule has 5 rings (SSSR count). The molecule has 7 unspecified atom stereocenters. The van der Waals surface area contributed by atoms with E-state index >= 15 is 0 Å². The lowest BCUT2D eigenvalue weighted by atomic mass is 9.83. The molecule has 584 valence electrons. The number of aliphatic hydroxyl groups is 4. The summed E-state index contributed by atoms with van der Waals surface area (Å²) >= 11 is 0. The van der Waals surface area contributed by atoms with Crippen LogP contribution < -0.4 is 32.7 Å². The molecule has 3 fully saturated rings. The Morgan fingerprint density at radius 1 is 0.654 bits per heavy atom. The first-order chi connectivity index (χ1) is 49.2. The lowest BCUT2D eigenvalue weighted by molar-refractivity contribution is -0.149. The number of nitrogens with two attached hydrogens (primary N) is 2. The number of aliphatic hydroxyl groups excluding tert-OH is 4. The van der Waals surface area contributed by atoms with Crippen molar-refractivity contribution in [3.8, 4) is 0 Å². The summed E-state index contributed by atoms with van der Waals surface area (Å²) in [5, 5.41) is 53.0. The maximum Gasteiger partial charge on any atom is 0.312 e. The summed E-state index contributed by atoms with van der Waals surface area (Å²) in [6, 6.07) is 13.6. The third-order valence-corrected chi connectivity index (χ3v) is 21.4. The minimum absolute atomic E-state index is 0.00799. The Balaban J connectivity index is 1.19. The van der Waals surface area contributed by atoms with Crippen molar-refractivity contribution in [1.82, 2.24) is 36.0 Å². The number of nitrogens with zero attached hydrogens (tertiary/aromatic N) is 3. The second-order valence-corrected chi connectivity index (χ2v) is 30.2. The number of carbonyl (C=O) groups is 10. The van der Waals surface area contributed by atoms with E-state index in [0.717, 1.165) is 11.1 Å². The normalized spacial score (nSPS) is 23.3. The molecule has 0 saturated carbocycles. The van der Waals surface area contributed by atoms with Crippen LogP contribution in [-0.4, -0.2) is 247 Å². The van der Waals surface area contributed by atoms with Gasteiger partial charge in [0.15, 0.2) is 11.6 Å². The number of hydrogen-bond donors (Lipinski definition) is 10. The Kier molecular flexibility index (Phi) is 36.1. The molecule has 27 nitrogen and oxygen atoms in total. The fourth-order valence-electron chi connectivity index (χ4n) is 15.1. The molecule has 0 aromatic heterocycles. The van der Waals surface area contributed by atoms with Gasteiger partial charge >= 0.3 is 6.03 Å². The Morgan fingerprint density at radius 2 is 1.26 bits per heavy atom. The number of nitrogens with one attached hydrogen (secondary N) is 4. The first kappa shape index (κ1) is 88.0. The van der Waals surface area contributed by atoms with Crippen LogP contribution in [-0.2, 0) is 81.4 Å². The largest absolute Gasteiger partial charge is 0.388 e. The van der Waals surface area contributed by atoms with Gasteiger partial charge in [0, 0.05) is 110 Å². The minimum atomic E-state index is -1.51. The first-order valence-corrected chi connectivity index (χ1v) is 37.3. The van der Waals surface area contributed by atoms with Crippen molar-refractivity contribution in [3.05, 3.63) is 71.3 Å². The fraction of sp³-hybridized carbons (Fsp3) is 0.714. The number of rotatable bonds is 45. The number of amides is 7. The highest BCUT2D eigenvalue weighted by molar-refractivity contribution is 5.93. The molecular formula is C77H123N9O18. The van der Waals surface area contributed by atoms with Gasteiger partial charge in [0.2, 0.25) is 29.5 Å². The molecule has 104 heavy (non-hydrogen) atoms. The smallest absolute Gasteiger partial charge is 0.312 e. The van der Waals surface area contributed by atoms with Gasteiger partial charge in [-0.1, -0.05) is 123 Å². The molecule has 3 aliphatic rings. The van der Waals surface area contributed by atoms with Crippen molar-refractivity contribution in [1.29, 1.82) is 0 Å². The van der Waals surface area contributed by atoms with E-state index < -0.39 is 132 Å². The third kappa shape index (κ3) is 25.2. The van der Waals surface area contributed by atoms with E-state index in [9.17, 15) is 68.4 Å². The van der Waals surface area contributed by atoms with Gasteiger partial charge in [-0.05, 0) is 93.0 Å². The molecule has 7 amide bonds. The van der Waals surface area contributed by atoms with Gasteiger partial charge < -0.3 is 81.9 Å². The molecule has 0 bridgehead atoms. The summed E-state index contributed by atoms with van der Waals surface area (Å²) in [7, 11) is 8.58. The summed E-state index contributed by atoms with van der Waals surface area (Å²) in [5.74, 6) is -6.35. The highest BCUT2D eigenvalue weighted by Crippen LogP contribution is 2.34. The summed E-state index contributed by atoms with van der Waals surface area (Å²) in [5.41, 5.74) is 13.2. The first-order valence-electron chi connectivity index (χ1n) is 37.3. The molecule has 27 heteroatoms. The molecule has 19 atom stereocenters. The molecule has 0 spiro atoms. The maximum atomic E-state index is 14.7. The van der Waals surface area contributed by atoms with Crippen molar-refractivity contribution in [2.24, 2.45) is 58.8 Å². The molecule has 0 aliphatic carbocycles. The topological polar surface area (TPSA) is 398 Å². The number of benzene rings is 2. The van der Waals surface area contributed by atoms with Gasteiger partial charge in [0.05, 0.1) is 67.5 Å². The van der Waals surface area contributed by atoms with E-state index in [1.165, 1.54) is 7.11 Å². The van der Waals surface area contributed by atoms with Gasteiger partial charge in [-0.2, -0.15) is 0 Å². The van der Waals surface area contributed by atoms with Gasteiger partial charge in [0.25, 0.3) is 0 Å². The SMILES string of the molecule is CC[C@H](C)C(C(CC(=O)N1CCCC1C(OC)C(C)C(=O)C[C@@H](Cc1ccccc1)C(=O)NCCc1ccc(CC(=O)C(CCCNC(N)=O)NC(=O)[C@H](CC(=O)C[C@@H]2O[C@H](CNC(=O)C[C@@H]3O[C@H](CN)[C@@H](O)[C@H]3O)[C@@H](O)[C@H]2O)C(C)C)cc1)OC)N(C)C(=O)[C@@H](CC(=O)C(C(C)C)N(C)C)C(C)C. The van der Waals surface area contributed by atoms with Gasteiger partial charge in [-0.25, -0.2) is 4.79 Å². The van der Waals surface area contributed by atoms with Crippen molar-refractivity contribution in [2.45, 2.75) is 237 Å². The second kappa shape index (κ2) is 42.6. The summed E-state index contributed by atoms with van der Waals surface area (Å²) in [6.07, 6.45) is -9.24. The minimum Gasteiger partial charge on any atom is -0.388 e. The molecule has 2 aromatic carbocycles. The predicted octanol–water partition coefficient (Wildman–Crippen LogP) is 3.01. The van der Waals surface area contributed by atoms with Crippen molar-refractivity contribution < 1.29 is 87.3 Å². The highest BCUT2D eigenvalue weighted by atomic mass is 16.6. The molecule has 3 aliphatic heterocycles. The lowest BCUT2D eigenvalue weighted by Crippen LogP contribution is -2.54. The number of urea groups is 1. The Morgan fingerprint density at radius 3 is 1.83 bits per heavy atom. The third-order valence-electron chi connectivity index (χ3n) is 21.4. The number of primary amides is 1. The number of Topliss-reactive ketones (excluding diaryl/α,β-unsaturated/α-hetero) is 4. The van der Waals surface area contributed by atoms with Crippen LogP contribution in [0.2, 0.25) is 0 Å². The van der Waals surface area contributed by atoms with E-state index in [1.54, 1.807) is 56.9 Å². The monoisotopic (exact) mass is 1460 g/mol. The van der Waals surface area contributed by atoms with Crippen LogP contribution in [0, 0.1) is 47.3 Å². The molecule has 12 N–H and O–H groups in total. The summed E-state index contributed by atoms with van der Waals surface area (Å²) in [4.78, 5) is 143. The zero-order valence-electron chi connectivity index (χ0n) is 63.8. The summed E-state index contributed by atoms with van der Waals surface area (Å²) < 4.78 is 23.6. The Bertz CT molecular complexity index is 3100. The van der Waals surface area contributed by atoms with Crippen LogP contribution in [0.4, 0.5) is 4.79 Å². The van der Waals surface area contributed by atoms with Gasteiger partial charge in [-0.3, -0.25) is 48.1 Å². The second-order valence-electron chi connectivity index (χ2n) is 30.2. The number of likely N-dealkylation sites (tertiary alicyclic amines) is 1. The standard InChI is InChI=1S/C77H123N9O18/c1-15-46(8)68(85(12)76(99)54(44(4)5)38-59(90)67(45(6)7)84(10)11)60(101-13)40-66(92)86-32-20-24-56(86)73(102-14)47(9)57(88)35-51(33-49-21-17-16-18-22-49)74(97)80-31-29-48-25-27-50(28-26-48)34-58(89)55(23-19-30-81-77(79)100)83-75(98)53(43(2)3)36-52(87)37-61-69(93)72(96)64(104-61)42-82-65(91)39-62-70(94)71(95)63(41-78)103-62/h16-18,21-22,25-28,43-47,51,53-56,60-64,67-73,93-96H,15,19-20,23-24,29-42,78H2,1-14H3,(H,80,97)(H,82,91)(H,83,98)(H3,79,81,100)/t46-,47?,51+,53+,54-,55?,56?,60?,61-,62-,63+,64+,67?,68?,69-,70-,71+,72+,73?/m0/s1. The fourth-order valence-corrected chi connectivity index (χ4v) is 15.1. The molecule has 2 aromatic rings. The zero-order chi connectivity index (χ0) is 77.4. The van der Waals surface area contributed by atoms with Crippen LogP contribution in [0.25, 0.3) is 0 Å². The van der Waals surface area contributed by atoms with E-state index in [0.29, 0.717) is 37.8 Å². The van der Waals surface area contributed by atoms with Crippen LogP contribution in [0.15, 0.2) is 54.6 Å². The number of hydrogen-bond acceptors (Lipinski definition) is 20. The van der Waals surface area contributed by atoms with Crippen LogP contribution in [0.1, 0.15) is 150 Å². The van der Waals surface area contributed by atoms with Gasteiger partial charge in [-0.15, -0.1) is 0 Å². The van der Waals surface area contributed by atoms with Crippen molar-refractivity contribution in [3.63, 3.8) is 0 Å². The molecule has 0 radical (unpaired) electrons. The van der Waals surface area contributed by atoms with Gasteiger partial charge in [0.1, 0.15) is 42.1 Å². The average molecular weight is 1460 g/mol. The molecule has 3 saturated heterocycles. The number of methoxy groups -OCH3 is 2. The van der Waals surface area contributed by atoms with E-state index in [1.807, 2.05) is 103 Å². The van der Waals surface area contributed by atoms with Crippen molar-refractivity contribution in [2.75, 3.05) is 68.1 Å². The van der Waals surface area contributed by atoms with Crippen LogP contribution in [0.3, 0.4) is 0 Å². The molecular weight excluding hydrogens is 1340 g/mol. The summed E-state index contributed by atoms with van der Waals surface area (Å²) in [6.45, 7) is 17.7. The lowest BCUT2D eigenvalue weighted by Gasteiger charge is -2.41. The predicted molar refractivity (Wildman–Crippen MR) is 391 cm³/mol. The number of ketones is 4. The van der Waals surface area contributed by atoms with E-state index in [2.05, 4.69) is 21.3 Å². The van der Waals surface area contributed by atoms with E-state index in [4.69, 9.17) is 30.4 Å². The van der Waals surface area contributed by atoms with Crippen LogP contribution in [0.5, 0.6) is 0 Å². The van der Waals surface area contributed by atoms with Crippen molar-refractivity contribution >= 4 is 58.7 Å². The number of ether oxygens (including phenoxy) is 4. The zero-order valence-corrected chi connectivity index (χ0v) is 63.8. The van der Waals surface area contributed by atoms with Crippen LogP contribution >= 0.6 is 0 Å². The maximum absolute atomic E-state index is 14.7. The Labute approximate surface area is 615 Å².